The van der Waals surface area contributed by atoms with E-state index in [4.69, 9.17) is 10.8 Å². The molecule has 0 radical (unpaired) electrons. The molecule has 8 nitrogen and oxygen atoms in total. The predicted octanol–water partition coefficient (Wildman–Crippen LogP) is 6.55. The molecule has 0 saturated carbocycles. The van der Waals surface area contributed by atoms with E-state index in [0.717, 1.165) is 33.8 Å². The van der Waals surface area contributed by atoms with Crippen molar-refractivity contribution < 1.29 is 14.7 Å². The molecule has 4 bridgehead atoms. The molecule has 0 aliphatic carbocycles. The molecule has 2 aromatic heterocycles. The van der Waals surface area contributed by atoms with Crippen LogP contribution in [0.3, 0.4) is 0 Å². The van der Waals surface area contributed by atoms with E-state index in [1.54, 1.807) is 24.4 Å². The number of ketones is 1. The van der Waals surface area contributed by atoms with Gasteiger partial charge in [0.1, 0.15) is 0 Å². The Bertz CT molecular complexity index is 1650. The Morgan fingerprint density at radius 2 is 1.24 bits per heavy atom. The highest BCUT2D eigenvalue weighted by atomic mass is 16.4. The number of fused-ring (bicyclic) bond motifs is 8. The number of carbonyl (C=O) groups excluding carboxylic acids is 1. The summed E-state index contributed by atoms with van der Waals surface area (Å²) in [7, 11) is 0. The van der Waals surface area contributed by atoms with Crippen LogP contribution in [0.5, 0.6) is 0 Å². The van der Waals surface area contributed by atoms with Crippen molar-refractivity contribution in [1.29, 1.82) is 0 Å². The number of aromatic amines is 2. The molecule has 6 saturated heterocycles. The van der Waals surface area contributed by atoms with Crippen LogP contribution in [-0.2, 0) is 0 Å². The SMILES string of the molecule is CC1(C)[C@H](CC(=O)c2ccc3cc[nH]c3c2)C2CCN1CC2.CC1(C)[C@H](N)C2CCN1CC2.O=C(O)c1ccc2cc[nH]c2c1. The van der Waals surface area contributed by atoms with Crippen LogP contribution in [0.4, 0.5) is 0 Å². The lowest BCUT2D eigenvalue weighted by molar-refractivity contribution is -0.0643. The Kier molecular flexibility index (Phi) is 8.67. The fourth-order valence-corrected chi connectivity index (χ4v) is 8.45. The third-order valence-electron chi connectivity index (χ3n) is 11.6. The van der Waals surface area contributed by atoms with Crippen LogP contribution in [0.1, 0.15) is 80.5 Å². The number of H-pyrrole nitrogens is 2. The maximum atomic E-state index is 12.8. The number of carbonyl (C=O) groups is 2. The Morgan fingerprint density at radius 3 is 1.71 bits per heavy atom. The largest absolute Gasteiger partial charge is 0.478 e. The fourth-order valence-electron chi connectivity index (χ4n) is 8.45. The molecule has 6 aliphatic rings. The highest BCUT2D eigenvalue weighted by Crippen LogP contribution is 2.45. The topological polar surface area (TPSA) is 118 Å². The number of benzene rings is 2. The zero-order valence-electron chi connectivity index (χ0n) is 27.2. The summed E-state index contributed by atoms with van der Waals surface area (Å²) in [5, 5.41) is 10.9. The van der Waals surface area contributed by atoms with Crippen molar-refractivity contribution in [2.24, 2.45) is 23.5 Å². The second-order valence-corrected chi connectivity index (χ2v) is 14.6. The number of hydrogen-bond donors (Lipinski definition) is 4. The number of aromatic carboxylic acids is 1. The van der Waals surface area contributed by atoms with Crippen molar-refractivity contribution >= 4 is 33.6 Å². The van der Waals surface area contributed by atoms with E-state index in [2.05, 4.69) is 47.5 Å². The smallest absolute Gasteiger partial charge is 0.335 e. The minimum atomic E-state index is -0.897. The number of aromatic nitrogens is 2. The molecule has 0 unspecified atom stereocenters. The average Bonchev–Trinajstić information content (AvgIpc) is 3.71. The number of rotatable bonds is 4. The summed E-state index contributed by atoms with van der Waals surface area (Å²) in [6, 6.07) is 15.4. The van der Waals surface area contributed by atoms with Gasteiger partial charge in [0.05, 0.1) is 5.56 Å². The molecular formula is C37H49N5O3. The lowest BCUT2D eigenvalue weighted by atomic mass is 9.65. The molecule has 8 heterocycles. The molecule has 0 amide bonds. The molecule has 45 heavy (non-hydrogen) atoms. The van der Waals surface area contributed by atoms with Gasteiger partial charge in [-0.1, -0.05) is 18.2 Å². The molecule has 6 fully saturated rings. The van der Waals surface area contributed by atoms with Gasteiger partial charge >= 0.3 is 5.97 Å². The summed E-state index contributed by atoms with van der Waals surface area (Å²) in [4.78, 5) is 34.6. The molecule has 8 heteroatoms. The van der Waals surface area contributed by atoms with Crippen LogP contribution >= 0.6 is 0 Å². The van der Waals surface area contributed by atoms with Crippen molar-refractivity contribution in [2.75, 3.05) is 26.2 Å². The van der Waals surface area contributed by atoms with Crippen LogP contribution in [-0.4, -0.2) is 79.9 Å². The molecule has 2 aromatic carbocycles. The number of Topliss-reactive ketones (excluding diaryl/α,β-unsaturated/α-hetero) is 1. The second kappa shape index (κ2) is 12.4. The summed E-state index contributed by atoms with van der Waals surface area (Å²) in [5.74, 6) is 1.41. The standard InChI is InChI=1S/C19H24N2O.C9H18N2.C9H7NO2/c1-19(2)16(13-6-9-21(19)10-7-13)12-18(22)15-4-3-14-5-8-20-17(14)11-15;1-9(2)8(10)7-3-5-11(9)6-4-7;11-9(12)7-2-1-6-3-4-10-8(6)5-7/h3-5,8,11,13,16,20H,6-7,9-10,12H2,1-2H3;7-8H,3-6,10H2,1-2H3;1-5,10H,(H,11,12)/t16-;8-;/m11./s1. The first-order valence-electron chi connectivity index (χ1n) is 16.6. The minimum Gasteiger partial charge on any atom is -0.478 e. The van der Waals surface area contributed by atoms with Crippen molar-refractivity contribution in [3.63, 3.8) is 0 Å². The van der Waals surface area contributed by atoms with E-state index in [-0.39, 0.29) is 11.1 Å². The first-order chi connectivity index (χ1) is 21.4. The van der Waals surface area contributed by atoms with Crippen LogP contribution in [0.2, 0.25) is 0 Å². The van der Waals surface area contributed by atoms with Crippen molar-refractivity contribution in [3.05, 3.63) is 72.1 Å². The van der Waals surface area contributed by atoms with Gasteiger partial charge in [0, 0.05) is 52.5 Å². The first kappa shape index (κ1) is 31.5. The van der Waals surface area contributed by atoms with Gasteiger partial charge in [0.25, 0.3) is 0 Å². The third-order valence-corrected chi connectivity index (χ3v) is 11.6. The van der Waals surface area contributed by atoms with Gasteiger partial charge in [-0.05, 0) is 138 Å². The fraction of sp³-hybridized carbons (Fsp3) is 0.514. The number of nitrogens with one attached hydrogen (secondary N) is 2. The Balaban J connectivity index is 0.000000131. The third kappa shape index (κ3) is 6.20. The van der Waals surface area contributed by atoms with Crippen molar-refractivity contribution in [1.82, 2.24) is 19.8 Å². The average molecular weight is 612 g/mol. The van der Waals surface area contributed by atoms with Gasteiger partial charge in [-0.3, -0.25) is 14.6 Å². The molecule has 2 atom stereocenters. The second-order valence-electron chi connectivity index (χ2n) is 14.6. The summed E-state index contributed by atoms with van der Waals surface area (Å²) < 4.78 is 0. The number of piperidine rings is 6. The van der Waals surface area contributed by atoms with E-state index in [1.165, 1.54) is 57.2 Å². The Morgan fingerprint density at radius 1 is 0.756 bits per heavy atom. The summed E-state index contributed by atoms with van der Waals surface area (Å²) in [5.41, 5.74) is 9.65. The Hall–Kier alpha value is -3.46. The molecule has 240 valence electrons. The van der Waals surface area contributed by atoms with Crippen molar-refractivity contribution in [2.45, 2.75) is 76.9 Å². The first-order valence-corrected chi connectivity index (χ1v) is 16.6. The highest BCUT2D eigenvalue weighted by Gasteiger charge is 2.48. The zero-order valence-corrected chi connectivity index (χ0v) is 27.2. The van der Waals surface area contributed by atoms with E-state index in [9.17, 15) is 9.59 Å². The summed E-state index contributed by atoms with van der Waals surface area (Å²) in [6.07, 6.45) is 9.56. The van der Waals surface area contributed by atoms with E-state index < -0.39 is 5.97 Å². The molecule has 0 spiro atoms. The van der Waals surface area contributed by atoms with Crippen molar-refractivity contribution in [3.8, 4) is 0 Å². The number of carboxylic acid groups (broad SMARTS) is 1. The van der Waals surface area contributed by atoms with Gasteiger partial charge in [-0.15, -0.1) is 0 Å². The molecule has 6 aliphatic heterocycles. The normalized spacial score (nSPS) is 29.0. The van der Waals surface area contributed by atoms with Crippen LogP contribution in [0, 0.1) is 17.8 Å². The molecule has 5 N–H and O–H groups in total. The van der Waals surface area contributed by atoms with Crippen LogP contribution < -0.4 is 5.73 Å². The molecular weight excluding hydrogens is 562 g/mol. The van der Waals surface area contributed by atoms with Crippen LogP contribution in [0.15, 0.2) is 60.9 Å². The lowest BCUT2D eigenvalue weighted by Crippen LogP contribution is -2.67. The monoisotopic (exact) mass is 611 g/mol. The minimum absolute atomic E-state index is 0.160. The van der Waals surface area contributed by atoms with Gasteiger partial charge in [0.15, 0.2) is 5.78 Å². The van der Waals surface area contributed by atoms with E-state index in [1.807, 2.05) is 36.5 Å². The molecule has 10 rings (SSSR count). The van der Waals surface area contributed by atoms with Gasteiger partial charge < -0.3 is 20.8 Å². The predicted molar refractivity (Wildman–Crippen MR) is 181 cm³/mol. The maximum Gasteiger partial charge on any atom is 0.335 e. The van der Waals surface area contributed by atoms with Gasteiger partial charge in [-0.25, -0.2) is 4.79 Å². The van der Waals surface area contributed by atoms with Crippen LogP contribution in [0.25, 0.3) is 21.8 Å². The number of carboxylic acids is 1. The zero-order chi connectivity index (χ0) is 31.9. The number of hydrogen-bond acceptors (Lipinski definition) is 5. The van der Waals surface area contributed by atoms with E-state index in [0.29, 0.717) is 29.7 Å². The summed E-state index contributed by atoms with van der Waals surface area (Å²) >= 11 is 0. The number of nitrogens with zero attached hydrogens (tertiary/aromatic N) is 2. The van der Waals surface area contributed by atoms with Gasteiger partial charge in [0.2, 0.25) is 0 Å². The van der Waals surface area contributed by atoms with Gasteiger partial charge in [-0.2, -0.15) is 0 Å². The summed E-state index contributed by atoms with van der Waals surface area (Å²) in [6.45, 7) is 14.2. The number of nitrogens with two attached hydrogens (primary N) is 1. The quantitative estimate of drug-likeness (QED) is 0.195. The lowest BCUT2D eigenvalue weighted by Gasteiger charge is -2.56. The maximum absolute atomic E-state index is 12.8. The Labute approximate surface area is 266 Å². The van der Waals surface area contributed by atoms with E-state index >= 15 is 0 Å². The molecule has 4 aromatic rings. The highest BCUT2D eigenvalue weighted by molar-refractivity contribution is 5.99.